The fraction of sp³-hybridized carbons (Fsp3) is 0.444. The number of ether oxygens (including phenoxy) is 2. The molecule has 0 spiro atoms. The second kappa shape index (κ2) is 7.38. The number of hydrogen-bond acceptors (Lipinski definition) is 6. The molecular weight excluding hydrogens is 312 g/mol. The van der Waals surface area contributed by atoms with Crippen LogP contribution < -0.4 is 10.4 Å². The zero-order valence-corrected chi connectivity index (χ0v) is 14.3. The molecule has 2 rings (SSSR count). The third kappa shape index (κ3) is 3.69. The molecule has 130 valence electrons. The van der Waals surface area contributed by atoms with Gasteiger partial charge in [-0.25, -0.2) is 4.79 Å². The van der Waals surface area contributed by atoms with E-state index in [4.69, 9.17) is 13.9 Å². The van der Waals surface area contributed by atoms with E-state index in [1.54, 1.807) is 18.2 Å². The van der Waals surface area contributed by atoms with Crippen LogP contribution in [-0.4, -0.2) is 25.3 Å². The Bertz CT molecular complexity index is 790. The van der Waals surface area contributed by atoms with Gasteiger partial charge in [-0.3, -0.25) is 4.79 Å². The van der Waals surface area contributed by atoms with Crippen LogP contribution in [-0.2, 0) is 9.53 Å². The number of rotatable bonds is 6. The Morgan fingerprint density at radius 2 is 2.00 bits per heavy atom. The first kappa shape index (κ1) is 17.8. The van der Waals surface area contributed by atoms with E-state index >= 15 is 0 Å². The van der Waals surface area contributed by atoms with Gasteiger partial charge in [-0.2, -0.15) is 0 Å². The molecule has 0 saturated carbocycles. The molecule has 0 bridgehead atoms. The van der Waals surface area contributed by atoms with Gasteiger partial charge < -0.3 is 19.0 Å². The summed E-state index contributed by atoms with van der Waals surface area (Å²) in [5, 5.41) is 11.0. The normalized spacial score (nSPS) is 12.4. The van der Waals surface area contributed by atoms with Crippen molar-refractivity contribution in [1.29, 1.82) is 0 Å². The number of benzene rings is 1. The predicted octanol–water partition coefficient (Wildman–Crippen LogP) is 3.20. The van der Waals surface area contributed by atoms with Gasteiger partial charge in [0, 0.05) is 5.92 Å². The lowest BCUT2D eigenvalue weighted by molar-refractivity contribution is -0.141. The summed E-state index contributed by atoms with van der Waals surface area (Å²) in [4.78, 5) is 24.1. The maximum Gasteiger partial charge on any atom is 0.343 e. The Morgan fingerprint density at radius 3 is 2.58 bits per heavy atom. The first-order chi connectivity index (χ1) is 11.4. The second-order valence-electron chi connectivity index (χ2n) is 6.12. The Morgan fingerprint density at radius 1 is 1.29 bits per heavy atom. The minimum absolute atomic E-state index is 0.00246. The lowest BCUT2D eigenvalue weighted by Crippen LogP contribution is -2.18. The van der Waals surface area contributed by atoms with Gasteiger partial charge in [0.2, 0.25) is 0 Å². The van der Waals surface area contributed by atoms with E-state index < -0.39 is 17.5 Å². The average molecular weight is 334 g/mol. The zero-order valence-electron chi connectivity index (χ0n) is 14.3. The number of esters is 1. The smallest absolute Gasteiger partial charge is 0.343 e. The van der Waals surface area contributed by atoms with Crippen LogP contribution in [0, 0.1) is 5.92 Å². The van der Waals surface area contributed by atoms with Crippen LogP contribution in [0.1, 0.15) is 38.2 Å². The zero-order chi connectivity index (χ0) is 17.9. The van der Waals surface area contributed by atoms with Crippen molar-refractivity contribution in [2.24, 2.45) is 5.92 Å². The lowest BCUT2D eigenvalue weighted by atomic mass is 9.87. The highest BCUT2D eigenvalue weighted by molar-refractivity contribution is 5.86. The molecule has 0 saturated heterocycles. The number of aromatic hydroxyl groups is 1. The summed E-state index contributed by atoms with van der Waals surface area (Å²) < 4.78 is 15.2. The van der Waals surface area contributed by atoms with E-state index in [2.05, 4.69) is 0 Å². The molecule has 0 aliphatic carbocycles. The predicted molar refractivity (Wildman–Crippen MR) is 89.5 cm³/mol. The molecule has 1 aromatic heterocycles. The van der Waals surface area contributed by atoms with Crippen molar-refractivity contribution < 1.29 is 23.8 Å². The summed E-state index contributed by atoms with van der Waals surface area (Å²) in [6.07, 6.45) is 0.547. The monoisotopic (exact) mass is 334 g/mol. The van der Waals surface area contributed by atoms with Crippen molar-refractivity contribution in [3.05, 3.63) is 34.2 Å². The first-order valence-corrected chi connectivity index (χ1v) is 7.77. The second-order valence-corrected chi connectivity index (χ2v) is 6.12. The number of fused-ring (bicyclic) bond motifs is 1. The molecule has 24 heavy (non-hydrogen) atoms. The molecule has 0 aliphatic rings. The summed E-state index contributed by atoms with van der Waals surface area (Å²) in [5.74, 6) is -0.338. The molecule has 1 aromatic carbocycles. The van der Waals surface area contributed by atoms with Crippen molar-refractivity contribution in [2.45, 2.75) is 32.6 Å². The molecule has 0 aliphatic heterocycles. The van der Waals surface area contributed by atoms with Gasteiger partial charge in [-0.1, -0.05) is 13.8 Å². The number of carbonyl (C=O) groups excluding carboxylic acids is 1. The summed E-state index contributed by atoms with van der Waals surface area (Å²) in [6, 6.07) is 4.81. The molecule has 0 radical (unpaired) electrons. The van der Waals surface area contributed by atoms with E-state index in [0.717, 1.165) is 0 Å². The highest BCUT2D eigenvalue weighted by Crippen LogP contribution is 2.36. The maximum absolute atomic E-state index is 12.4. The first-order valence-electron chi connectivity index (χ1n) is 7.77. The van der Waals surface area contributed by atoms with Gasteiger partial charge in [-0.05, 0) is 30.5 Å². The molecule has 2 aromatic rings. The average Bonchev–Trinajstić information content (AvgIpc) is 2.53. The fourth-order valence-corrected chi connectivity index (χ4v) is 2.82. The van der Waals surface area contributed by atoms with Crippen LogP contribution in [0.5, 0.6) is 11.5 Å². The summed E-state index contributed by atoms with van der Waals surface area (Å²) in [6.45, 7) is 3.96. The Kier molecular flexibility index (Phi) is 5.49. The van der Waals surface area contributed by atoms with Gasteiger partial charge in [0.05, 0.1) is 31.6 Å². The molecule has 1 heterocycles. The number of methoxy groups -OCH3 is 2. The molecule has 6 heteroatoms. The van der Waals surface area contributed by atoms with Crippen LogP contribution in [0.25, 0.3) is 11.0 Å². The van der Waals surface area contributed by atoms with Crippen LogP contribution in [0.4, 0.5) is 0 Å². The highest BCUT2D eigenvalue weighted by Gasteiger charge is 2.26. The van der Waals surface area contributed by atoms with Crippen molar-refractivity contribution >= 4 is 16.9 Å². The van der Waals surface area contributed by atoms with Gasteiger partial charge >= 0.3 is 11.6 Å². The Labute approximate surface area is 140 Å². The van der Waals surface area contributed by atoms with Gasteiger partial charge in [0.15, 0.2) is 0 Å². The Hall–Kier alpha value is -2.50. The van der Waals surface area contributed by atoms with Crippen molar-refractivity contribution in [3.8, 4) is 11.5 Å². The van der Waals surface area contributed by atoms with E-state index in [-0.39, 0.29) is 29.2 Å². The fourth-order valence-electron chi connectivity index (χ4n) is 2.82. The molecule has 0 fully saturated rings. The molecule has 0 unspecified atom stereocenters. The number of hydrogen-bond donors (Lipinski definition) is 1. The van der Waals surface area contributed by atoms with Crippen molar-refractivity contribution in [2.75, 3.05) is 14.2 Å². The third-order valence-corrected chi connectivity index (χ3v) is 3.92. The minimum Gasteiger partial charge on any atom is -0.507 e. The standard InChI is InChI=1S/C18H22O6/c1-10(2)7-11(8-15(19)23-4)16-17(20)13-9-12(22-3)5-6-14(13)24-18(16)21/h5-6,9-11,20H,7-8H2,1-4H3/t11-/m1/s1. The topological polar surface area (TPSA) is 86.0 Å². The summed E-state index contributed by atoms with van der Waals surface area (Å²) >= 11 is 0. The van der Waals surface area contributed by atoms with Gasteiger partial charge in [-0.15, -0.1) is 0 Å². The highest BCUT2D eigenvalue weighted by atomic mass is 16.5. The summed E-state index contributed by atoms with van der Waals surface area (Å²) in [7, 11) is 2.80. The van der Waals surface area contributed by atoms with E-state index in [9.17, 15) is 14.7 Å². The van der Waals surface area contributed by atoms with Crippen LogP contribution in [0.15, 0.2) is 27.4 Å². The lowest BCUT2D eigenvalue weighted by Gasteiger charge is -2.19. The third-order valence-electron chi connectivity index (χ3n) is 3.92. The van der Waals surface area contributed by atoms with E-state index in [1.165, 1.54) is 14.2 Å². The number of carbonyl (C=O) groups is 1. The van der Waals surface area contributed by atoms with Crippen molar-refractivity contribution in [3.63, 3.8) is 0 Å². The van der Waals surface area contributed by atoms with E-state index in [0.29, 0.717) is 17.6 Å². The maximum atomic E-state index is 12.4. The van der Waals surface area contributed by atoms with Gasteiger partial charge in [0.25, 0.3) is 0 Å². The molecule has 1 N–H and O–H groups in total. The summed E-state index contributed by atoms with van der Waals surface area (Å²) in [5.41, 5.74) is -0.266. The molecule has 1 atom stereocenters. The molecule has 6 nitrogen and oxygen atoms in total. The molecule has 0 amide bonds. The largest absolute Gasteiger partial charge is 0.507 e. The van der Waals surface area contributed by atoms with Gasteiger partial charge in [0.1, 0.15) is 17.1 Å². The molecular formula is C18H22O6. The van der Waals surface area contributed by atoms with Crippen molar-refractivity contribution in [1.82, 2.24) is 0 Å². The minimum atomic E-state index is -0.639. The quantitative estimate of drug-likeness (QED) is 0.645. The van der Waals surface area contributed by atoms with Crippen LogP contribution in [0.3, 0.4) is 0 Å². The van der Waals surface area contributed by atoms with Crippen LogP contribution in [0.2, 0.25) is 0 Å². The Balaban J connectivity index is 2.62. The van der Waals surface area contributed by atoms with Crippen LogP contribution >= 0.6 is 0 Å². The van der Waals surface area contributed by atoms with E-state index in [1.807, 2.05) is 13.8 Å². The SMILES string of the molecule is COC(=O)C[C@@H](CC(C)C)c1c(O)c2cc(OC)ccc2oc1=O.